The number of hydrogen-bond acceptors (Lipinski definition) is 9. The number of fused-ring (bicyclic) bond motifs is 1. The molecule has 6 rings (SSSR count). The summed E-state index contributed by atoms with van der Waals surface area (Å²) in [6.45, 7) is 3.12. The number of amides is 1. The molecule has 2 atom stereocenters. The number of anilines is 2. The fourth-order valence-corrected chi connectivity index (χ4v) is 5.62. The summed E-state index contributed by atoms with van der Waals surface area (Å²) in [5, 5.41) is 32.7. The van der Waals surface area contributed by atoms with E-state index in [4.69, 9.17) is 16.0 Å². The van der Waals surface area contributed by atoms with E-state index in [1.54, 1.807) is 29.3 Å². The number of benzene rings is 1. The zero-order valence-corrected chi connectivity index (χ0v) is 24.8. The standard InChI is InChI=1S/C31H31ClN9O3/c1-19-5-6-21(15-34-19)22-13-23-24(17-36-28(23)35-16-22)30-38-39-31(44-30)41(12-9-33)26-8-7-20(14-25(26)32)29(43)37-18-27(42)40-10-3-2-4-11-40/h2-3,7-8,13-17,21,29,37,43H,4-6,10-12,18H2,1H3,(H,35,36)/q+1. The van der Waals surface area contributed by atoms with Crippen LogP contribution in [0.4, 0.5) is 11.7 Å². The summed E-state index contributed by atoms with van der Waals surface area (Å²) in [6.07, 6.45) is 11.2. The Hall–Kier alpha value is -4.79. The fraction of sp³-hybridized carbons (Fsp3) is 0.323. The van der Waals surface area contributed by atoms with Crippen molar-refractivity contribution in [3.63, 3.8) is 0 Å². The first-order valence-electron chi connectivity index (χ1n) is 14.4. The summed E-state index contributed by atoms with van der Waals surface area (Å²) in [5.74, 6) is 0.340. The van der Waals surface area contributed by atoms with Gasteiger partial charge in [-0.1, -0.05) is 34.9 Å². The number of carbonyl (C=O) groups excluding carboxylic acids is 1. The van der Waals surface area contributed by atoms with Crippen LogP contribution in [-0.2, 0) is 4.79 Å². The van der Waals surface area contributed by atoms with Crippen LogP contribution in [0.5, 0.6) is 0 Å². The first-order valence-corrected chi connectivity index (χ1v) is 14.7. The van der Waals surface area contributed by atoms with Gasteiger partial charge in [0.1, 0.15) is 18.4 Å². The van der Waals surface area contributed by atoms with E-state index in [0.29, 0.717) is 35.6 Å². The molecule has 0 bridgehead atoms. The topological polar surface area (TPSA) is 161 Å². The Bertz CT molecular complexity index is 1830. The van der Waals surface area contributed by atoms with Gasteiger partial charge in [0, 0.05) is 44.2 Å². The minimum Gasteiger partial charge on any atom is -0.403 e. The SMILES string of the molecule is CC1=[N+]=CC(c2cnc3[nH]cc(-c4nnc(N(CC#N)c5ccc(C(O)NCC(=O)N6CC=CCC6)cc5Cl)o4)c3c2)CC1. The summed E-state index contributed by atoms with van der Waals surface area (Å²) >= 11 is 6.64. The molecule has 3 aromatic heterocycles. The van der Waals surface area contributed by atoms with E-state index in [2.05, 4.69) is 42.3 Å². The maximum atomic E-state index is 12.5. The average Bonchev–Trinajstić information content (AvgIpc) is 3.70. The highest BCUT2D eigenvalue weighted by Crippen LogP contribution is 2.36. The molecule has 44 heavy (non-hydrogen) atoms. The van der Waals surface area contributed by atoms with Gasteiger partial charge in [0.2, 0.25) is 5.91 Å². The molecule has 0 saturated heterocycles. The molecule has 0 spiro atoms. The second-order valence-corrected chi connectivity index (χ2v) is 11.2. The summed E-state index contributed by atoms with van der Waals surface area (Å²) in [4.78, 5) is 23.4. The second kappa shape index (κ2) is 12.8. The molecule has 224 valence electrons. The van der Waals surface area contributed by atoms with Crippen molar-refractivity contribution in [3.8, 4) is 17.5 Å². The van der Waals surface area contributed by atoms with E-state index in [-0.39, 0.29) is 41.8 Å². The lowest BCUT2D eigenvalue weighted by Crippen LogP contribution is -2.40. The van der Waals surface area contributed by atoms with Crippen LogP contribution in [0.3, 0.4) is 0 Å². The van der Waals surface area contributed by atoms with Crippen LogP contribution in [0.15, 0.2) is 53.2 Å². The molecule has 12 nitrogen and oxygen atoms in total. The van der Waals surface area contributed by atoms with Gasteiger partial charge in [-0.15, -0.1) is 9.77 Å². The van der Waals surface area contributed by atoms with Crippen molar-refractivity contribution in [1.29, 1.82) is 5.26 Å². The number of aromatic amines is 1. The Balaban J connectivity index is 1.20. The molecular formula is C31H31ClN9O3+. The molecule has 13 heteroatoms. The van der Waals surface area contributed by atoms with E-state index < -0.39 is 6.23 Å². The molecule has 2 unspecified atom stereocenters. The van der Waals surface area contributed by atoms with Crippen LogP contribution in [0.2, 0.25) is 5.02 Å². The molecule has 3 N–H and O–H groups in total. The van der Waals surface area contributed by atoms with E-state index in [9.17, 15) is 15.2 Å². The van der Waals surface area contributed by atoms with E-state index in [0.717, 1.165) is 35.9 Å². The van der Waals surface area contributed by atoms with Crippen molar-refractivity contribution in [2.45, 2.75) is 38.3 Å². The smallest absolute Gasteiger partial charge is 0.324 e. The highest BCUT2D eigenvalue weighted by atomic mass is 35.5. The lowest BCUT2D eigenvalue weighted by Gasteiger charge is -2.24. The van der Waals surface area contributed by atoms with Crippen molar-refractivity contribution < 1.29 is 14.3 Å². The minimum absolute atomic E-state index is 0.0168. The molecule has 4 aromatic rings. The lowest BCUT2D eigenvalue weighted by atomic mass is 9.93. The second-order valence-electron chi connectivity index (χ2n) is 10.8. The molecule has 0 radical (unpaired) electrons. The third-order valence-corrected chi connectivity index (χ3v) is 8.12. The number of carbonyl (C=O) groups is 1. The van der Waals surface area contributed by atoms with Crippen LogP contribution in [0.25, 0.3) is 22.5 Å². The Labute approximate surface area is 258 Å². The largest absolute Gasteiger partial charge is 0.403 e. The van der Waals surface area contributed by atoms with Crippen LogP contribution in [0, 0.1) is 11.3 Å². The number of nitrogens with one attached hydrogen (secondary N) is 2. The maximum absolute atomic E-state index is 12.5. The summed E-state index contributed by atoms with van der Waals surface area (Å²) in [6, 6.07) is 9.16. The van der Waals surface area contributed by atoms with Crippen molar-refractivity contribution >= 4 is 52.2 Å². The zero-order chi connectivity index (χ0) is 30.6. The Morgan fingerprint density at radius 3 is 3.00 bits per heavy atom. The lowest BCUT2D eigenvalue weighted by molar-refractivity contribution is -0.130. The highest BCUT2D eigenvalue weighted by molar-refractivity contribution is 6.33. The van der Waals surface area contributed by atoms with E-state index >= 15 is 0 Å². The van der Waals surface area contributed by atoms with Gasteiger partial charge in [0.25, 0.3) is 17.8 Å². The monoisotopic (exact) mass is 612 g/mol. The Morgan fingerprint density at radius 1 is 1.36 bits per heavy atom. The number of aliphatic hydroxyl groups is 1. The minimum atomic E-state index is -1.12. The van der Waals surface area contributed by atoms with Crippen molar-refractivity contribution in [3.05, 3.63) is 65.0 Å². The van der Waals surface area contributed by atoms with Gasteiger partial charge >= 0.3 is 6.01 Å². The van der Waals surface area contributed by atoms with Gasteiger partial charge in [-0.25, -0.2) is 4.98 Å². The maximum Gasteiger partial charge on any atom is 0.324 e. The normalized spacial score (nSPS) is 17.0. The quantitative estimate of drug-likeness (QED) is 0.111. The van der Waals surface area contributed by atoms with Crippen molar-refractivity contribution in [1.82, 2.24) is 35.1 Å². The van der Waals surface area contributed by atoms with Crippen molar-refractivity contribution in [2.75, 3.05) is 31.1 Å². The third-order valence-electron chi connectivity index (χ3n) is 7.81. The number of nitriles is 1. The van der Waals surface area contributed by atoms with E-state index in [1.165, 1.54) is 4.90 Å². The predicted molar refractivity (Wildman–Crippen MR) is 168 cm³/mol. The molecule has 0 aliphatic carbocycles. The van der Waals surface area contributed by atoms with Crippen LogP contribution in [-0.4, -0.2) is 74.2 Å². The van der Waals surface area contributed by atoms with E-state index in [1.807, 2.05) is 31.5 Å². The zero-order valence-electron chi connectivity index (χ0n) is 24.1. The number of halogens is 1. The van der Waals surface area contributed by atoms with Gasteiger partial charge in [0.05, 0.1) is 34.8 Å². The van der Waals surface area contributed by atoms with Gasteiger partial charge in [-0.05, 0) is 42.2 Å². The number of H-pyrrole nitrogens is 1. The van der Waals surface area contributed by atoms with Gasteiger partial charge in [0.15, 0.2) is 0 Å². The molecule has 2 aliphatic heterocycles. The Morgan fingerprint density at radius 2 is 2.25 bits per heavy atom. The fourth-order valence-electron chi connectivity index (χ4n) is 5.33. The molecule has 0 fully saturated rings. The average molecular weight is 613 g/mol. The molecule has 0 saturated carbocycles. The van der Waals surface area contributed by atoms with Crippen LogP contribution >= 0.6 is 11.6 Å². The molecule has 1 amide bonds. The summed E-state index contributed by atoms with van der Waals surface area (Å²) < 4.78 is 10.6. The summed E-state index contributed by atoms with van der Waals surface area (Å²) in [5.41, 5.74) is 4.46. The number of aliphatic hydroxyl groups excluding tert-OH is 1. The van der Waals surface area contributed by atoms with Gasteiger partial charge < -0.3 is 19.4 Å². The number of rotatable bonds is 9. The molecule has 1 aromatic carbocycles. The Kier molecular flexibility index (Phi) is 8.54. The van der Waals surface area contributed by atoms with Gasteiger partial charge in [-0.2, -0.15) is 5.26 Å². The first-order chi connectivity index (χ1) is 21.4. The third kappa shape index (κ3) is 6.13. The first kappa shape index (κ1) is 29.3. The number of hydrogen-bond donors (Lipinski definition) is 3. The highest BCUT2D eigenvalue weighted by Gasteiger charge is 2.25. The van der Waals surface area contributed by atoms with Gasteiger partial charge in [-0.3, -0.25) is 15.0 Å². The number of aromatic nitrogens is 4. The predicted octanol–water partition coefficient (Wildman–Crippen LogP) is 3.77. The molecule has 2 aliphatic rings. The molecular weight excluding hydrogens is 582 g/mol. The van der Waals surface area contributed by atoms with Crippen LogP contribution in [0.1, 0.15) is 49.5 Å². The number of nitrogens with zero attached hydrogens (tertiary/aromatic N) is 7. The number of pyridine rings is 1. The van der Waals surface area contributed by atoms with Crippen molar-refractivity contribution in [2.24, 2.45) is 0 Å². The molecule has 5 heterocycles. The summed E-state index contributed by atoms with van der Waals surface area (Å²) in [7, 11) is 0. The van der Waals surface area contributed by atoms with Crippen LogP contribution < -0.4 is 14.9 Å².